The van der Waals surface area contributed by atoms with Gasteiger partial charge >= 0.3 is 0 Å². The van der Waals surface area contributed by atoms with Crippen molar-refractivity contribution in [2.75, 3.05) is 39.7 Å². The molecule has 0 spiro atoms. The van der Waals surface area contributed by atoms with Gasteiger partial charge in [-0.25, -0.2) is 0 Å². The molecule has 0 aliphatic rings. The topological polar surface area (TPSA) is 74.7 Å². The van der Waals surface area contributed by atoms with Crippen LogP contribution in [0.2, 0.25) is 0 Å². The molecule has 0 aliphatic heterocycles. The average molecular weight is 267 g/mol. The van der Waals surface area contributed by atoms with Gasteiger partial charge in [-0.05, 0) is 18.6 Å². The third-order valence-electron chi connectivity index (χ3n) is 2.55. The second-order valence-corrected chi connectivity index (χ2v) is 4.45. The number of carbonyl (C=O) groups excluding carboxylic acids is 1. The van der Waals surface area contributed by atoms with Crippen LogP contribution < -0.4 is 5.32 Å². The van der Waals surface area contributed by atoms with Crippen LogP contribution in [0.1, 0.15) is 16.9 Å². The van der Waals surface area contributed by atoms with Crippen molar-refractivity contribution in [3.05, 3.63) is 24.0 Å². The second kappa shape index (κ2) is 7.70. The minimum Gasteiger partial charge on any atom is -0.391 e. The number of rotatable bonds is 7. The SMILES string of the molecule is COCC(O)CCNc1ccnc(C(=O)N(C)C)c1. The first-order valence-electron chi connectivity index (χ1n) is 6.13. The lowest BCUT2D eigenvalue weighted by atomic mass is 10.2. The highest BCUT2D eigenvalue weighted by Crippen LogP contribution is 2.09. The molecule has 0 bridgehead atoms. The van der Waals surface area contributed by atoms with Crippen molar-refractivity contribution in [1.82, 2.24) is 9.88 Å². The highest BCUT2D eigenvalue weighted by molar-refractivity contribution is 5.92. The van der Waals surface area contributed by atoms with E-state index < -0.39 is 6.10 Å². The van der Waals surface area contributed by atoms with Gasteiger partial charge in [0.1, 0.15) is 5.69 Å². The van der Waals surface area contributed by atoms with E-state index in [1.165, 1.54) is 4.90 Å². The van der Waals surface area contributed by atoms with Crippen molar-refractivity contribution in [3.63, 3.8) is 0 Å². The lowest BCUT2D eigenvalue weighted by molar-refractivity contribution is 0.0615. The summed E-state index contributed by atoms with van der Waals surface area (Å²) in [4.78, 5) is 17.3. The summed E-state index contributed by atoms with van der Waals surface area (Å²) in [5.41, 5.74) is 1.21. The van der Waals surface area contributed by atoms with Gasteiger partial charge in [0.05, 0.1) is 12.7 Å². The number of nitrogens with one attached hydrogen (secondary N) is 1. The van der Waals surface area contributed by atoms with Crippen LogP contribution in [0.4, 0.5) is 5.69 Å². The van der Waals surface area contributed by atoms with Crippen LogP contribution in [0, 0.1) is 0 Å². The van der Waals surface area contributed by atoms with E-state index in [9.17, 15) is 9.90 Å². The molecule has 1 heterocycles. The number of hydrogen-bond acceptors (Lipinski definition) is 5. The number of aromatic nitrogens is 1. The Kier molecular flexibility index (Phi) is 6.24. The fourth-order valence-corrected chi connectivity index (χ4v) is 1.55. The molecule has 2 N–H and O–H groups in total. The van der Waals surface area contributed by atoms with E-state index in [1.807, 2.05) is 0 Å². The third-order valence-corrected chi connectivity index (χ3v) is 2.55. The van der Waals surface area contributed by atoms with Gasteiger partial charge in [-0.1, -0.05) is 0 Å². The maximum absolute atomic E-state index is 11.7. The number of ether oxygens (including phenoxy) is 1. The molecule has 1 atom stereocenters. The number of methoxy groups -OCH3 is 1. The Bertz CT molecular complexity index is 410. The van der Waals surface area contributed by atoms with Crippen molar-refractivity contribution in [2.24, 2.45) is 0 Å². The molecule has 1 unspecified atom stereocenters. The number of nitrogens with zero attached hydrogens (tertiary/aromatic N) is 2. The van der Waals surface area contributed by atoms with Crippen molar-refractivity contribution >= 4 is 11.6 Å². The lowest BCUT2D eigenvalue weighted by Crippen LogP contribution is -2.23. The summed E-state index contributed by atoms with van der Waals surface area (Å²) in [6, 6.07) is 3.49. The highest BCUT2D eigenvalue weighted by atomic mass is 16.5. The number of aliphatic hydroxyl groups excluding tert-OH is 1. The monoisotopic (exact) mass is 267 g/mol. The zero-order chi connectivity index (χ0) is 14.3. The number of amides is 1. The van der Waals surface area contributed by atoms with Gasteiger partial charge in [0.2, 0.25) is 0 Å². The van der Waals surface area contributed by atoms with Crippen LogP contribution in [-0.4, -0.2) is 61.4 Å². The van der Waals surface area contributed by atoms with Gasteiger partial charge in [0.15, 0.2) is 0 Å². The van der Waals surface area contributed by atoms with Crippen LogP contribution in [0.3, 0.4) is 0 Å². The molecule has 0 saturated heterocycles. The molecule has 19 heavy (non-hydrogen) atoms. The van der Waals surface area contributed by atoms with E-state index in [2.05, 4.69) is 10.3 Å². The van der Waals surface area contributed by atoms with E-state index in [0.717, 1.165) is 5.69 Å². The van der Waals surface area contributed by atoms with Gasteiger partial charge < -0.3 is 20.1 Å². The van der Waals surface area contributed by atoms with Crippen molar-refractivity contribution in [2.45, 2.75) is 12.5 Å². The number of carbonyl (C=O) groups is 1. The standard InChI is InChI=1S/C13H21N3O3/c1-16(2)13(18)12-8-10(4-6-15-12)14-7-5-11(17)9-19-3/h4,6,8,11,17H,5,7,9H2,1-3H3,(H,14,15). The smallest absolute Gasteiger partial charge is 0.272 e. The molecule has 1 rings (SSSR count). The van der Waals surface area contributed by atoms with Crippen LogP contribution >= 0.6 is 0 Å². The third kappa shape index (κ3) is 5.23. The molecular formula is C13H21N3O3. The quantitative estimate of drug-likeness (QED) is 0.756. The Morgan fingerprint density at radius 1 is 1.58 bits per heavy atom. The van der Waals surface area contributed by atoms with E-state index in [-0.39, 0.29) is 5.91 Å². The predicted molar refractivity (Wildman–Crippen MR) is 73.2 cm³/mol. The Balaban J connectivity index is 2.51. The average Bonchev–Trinajstić information content (AvgIpc) is 2.38. The maximum Gasteiger partial charge on any atom is 0.272 e. The summed E-state index contributed by atoms with van der Waals surface area (Å²) in [6.45, 7) is 0.923. The van der Waals surface area contributed by atoms with E-state index >= 15 is 0 Å². The summed E-state index contributed by atoms with van der Waals surface area (Å²) >= 11 is 0. The van der Waals surface area contributed by atoms with Gasteiger partial charge in [0.25, 0.3) is 5.91 Å². The summed E-state index contributed by atoms with van der Waals surface area (Å²) < 4.78 is 4.85. The molecule has 6 nitrogen and oxygen atoms in total. The summed E-state index contributed by atoms with van der Waals surface area (Å²) in [6.07, 6.45) is 1.68. The Morgan fingerprint density at radius 2 is 2.32 bits per heavy atom. The van der Waals surface area contributed by atoms with Crippen LogP contribution in [0.25, 0.3) is 0 Å². The first-order chi connectivity index (χ1) is 9.04. The normalized spacial score (nSPS) is 12.0. The van der Waals surface area contributed by atoms with E-state index in [0.29, 0.717) is 25.3 Å². The van der Waals surface area contributed by atoms with Gasteiger partial charge in [-0.2, -0.15) is 0 Å². The second-order valence-electron chi connectivity index (χ2n) is 4.45. The minimum atomic E-state index is -0.484. The van der Waals surface area contributed by atoms with Gasteiger partial charge in [0, 0.05) is 39.6 Å². The Hall–Kier alpha value is -1.66. The van der Waals surface area contributed by atoms with Crippen LogP contribution in [-0.2, 0) is 4.74 Å². The number of anilines is 1. The van der Waals surface area contributed by atoms with E-state index in [1.54, 1.807) is 39.5 Å². The fourth-order valence-electron chi connectivity index (χ4n) is 1.55. The van der Waals surface area contributed by atoms with Crippen LogP contribution in [0.5, 0.6) is 0 Å². The molecule has 1 amide bonds. The molecule has 1 aromatic heterocycles. The first-order valence-corrected chi connectivity index (χ1v) is 6.13. The Labute approximate surface area is 113 Å². The molecule has 0 aliphatic carbocycles. The molecule has 1 aromatic rings. The zero-order valence-corrected chi connectivity index (χ0v) is 11.6. The molecule has 6 heteroatoms. The first kappa shape index (κ1) is 15.4. The number of hydrogen-bond donors (Lipinski definition) is 2. The summed E-state index contributed by atoms with van der Waals surface area (Å²) in [7, 11) is 4.93. The van der Waals surface area contributed by atoms with Gasteiger partial charge in [-0.3, -0.25) is 9.78 Å². The largest absolute Gasteiger partial charge is 0.391 e. The molecule has 0 fully saturated rings. The van der Waals surface area contributed by atoms with E-state index in [4.69, 9.17) is 4.74 Å². The maximum atomic E-state index is 11.7. The zero-order valence-electron chi connectivity index (χ0n) is 11.6. The minimum absolute atomic E-state index is 0.136. The van der Waals surface area contributed by atoms with Gasteiger partial charge in [-0.15, -0.1) is 0 Å². The van der Waals surface area contributed by atoms with Crippen LogP contribution in [0.15, 0.2) is 18.3 Å². The highest BCUT2D eigenvalue weighted by Gasteiger charge is 2.10. The molecular weight excluding hydrogens is 246 g/mol. The lowest BCUT2D eigenvalue weighted by Gasteiger charge is -2.12. The summed E-state index contributed by atoms with van der Waals surface area (Å²) in [5, 5.41) is 12.6. The molecule has 0 saturated carbocycles. The van der Waals surface area contributed by atoms with Crippen molar-refractivity contribution in [1.29, 1.82) is 0 Å². The fraction of sp³-hybridized carbons (Fsp3) is 0.538. The Morgan fingerprint density at radius 3 is 2.95 bits per heavy atom. The number of aliphatic hydroxyl groups is 1. The molecule has 0 aromatic carbocycles. The number of pyridine rings is 1. The summed E-state index contributed by atoms with van der Waals surface area (Å²) in [5.74, 6) is -0.136. The van der Waals surface area contributed by atoms with Crippen molar-refractivity contribution < 1.29 is 14.6 Å². The predicted octanol–water partition coefficient (Wildman–Crippen LogP) is 0.593. The molecule has 106 valence electrons. The molecule has 0 radical (unpaired) electrons. The van der Waals surface area contributed by atoms with Crippen molar-refractivity contribution in [3.8, 4) is 0 Å².